The lowest BCUT2D eigenvalue weighted by Gasteiger charge is -2.40. The van der Waals surface area contributed by atoms with E-state index in [2.05, 4.69) is 0 Å². The molecular weight excluding hydrogens is 286 g/mol. The van der Waals surface area contributed by atoms with Crippen molar-refractivity contribution in [3.05, 3.63) is 17.9 Å². The van der Waals surface area contributed by atoms with Crippen molar-refractivity contribution in [2.45, 2.75) is 37.5 Å². The molecule has 112 valence electrons. The van der Waals surface area contributed by atoms with Crippen molar-refractivity contribution in [3.8, 4) is 0 Å². The maximum absolute atomic E-state index is 12.5. The molecule has 0 amide bonds. The summed E-state index contributed by atoms with van der Waals surface area (Å²) in [6, 6.07) is 1.60. The van der Waals surface area contributed by atoms with Crippen LogP contribution in [0.15, 0.2) is 21.6 Å². The molecule has 7 nitrogen and oxygen atoms in total. The fourth-order valence-corrected chi connectivity index (χ4v) is 3.71. The van der Waals surface area contributed by atoms with Crippen LogP contribution < -0.4 is 0 Å². The molecule has 1 atom stereocenters. The maximum atomic E-state index is 12.5. The van der Waals surface area contributed by atoms with Crippen molar-refractivity contribution in [1.29, 1.82) is 0 Å². The molecule has 0 aromatic carbocycles. The van der Waals surface area contributed by atoms with Gasteiger partial charge in [-0.05, 0) is 32.9 Å². The molecule has 0 saturated carbocycles. The topological polar surface area (TPSA) is 97.0 Å². The van der Waals surface area contributed by atoms with E-state index in [4.69, 9.17) is 9.15 Å². The van der Waals surface area contributed by atoms with Gasteiger partial charge >= 0.3 is 5.97 Å². The first-order chi connectivity index (χ1) is 9.13. The van der Waals surface area contributed by atoms with Crippen molar-refractivity contribution in [3.63, 3.8) is 0 Å². The Hall–Kier alpha value is -1.38. The van der Waals surface area contributed by atoms with Gasteiger partial charge < -0.3 is 14.3 Å². The average molecular weight is 303 g/mol. The second-order valence-electron chi connectivity index (χ2n) is 5.34. The highest BCUT2D eigenvalue weighted by Gasteiger charge is 2.45. The zero-order valence-electron chi connectivity index (χ0n) is 11.5. The van der Waals surface area contributed by atoms with E-state index in [-0.39, 0.29) is 18.2 Å². The SMILES string of the molecule is Cc1ccc(S(=O)(=O)N2CC(C)(C)OCC2C(=O)O)o1. The molecule has 1 aliphatic heterocycles. The number of morpholine rings is 1. The van der Waals surface area contributed by atoms with E-state index < -0.39 is 27.6 Å². The van der Waals surface area contributed by atoms with Crippen molar-refractivity contribution >= 4 is 16.0 Å². The summed E-state index contributed by atoms with van der Waals surface area (Å²) in [5, 5.41) is 8.93. The van der Waals surface area contributed by atoms with Crippen LogP contribution >= 0.6 is 0 Å². The number of aryl methyl sites for hydroxylation is 1. The monoisotopic (exact) mass is 303 g/mol. The Balaban J connectivity index is 2.42. The fourth-order valence-electron chi connectivity index (χ4n) is 2.03. The molecule has 20 heavy (non-hydrogen) atoms. The number of carboxylic acid groups (broad SMARTS) is 1. The summed E-state index contributed by atoms with van der Waals surface area (Å²) in [7, 11) is -4.00. The number of aliphatic carboxylic acids is 1. The molecule has 0 spiro atoms. The van der Waals surface area contributed by atoms with Crippen molar-refractivity contribution in [1.82, 2.24) is 4.31 Å². The minimum absolute atomic E-state index is 0.0496. The number of ether oxygens (including phenoxy) is 1. The van der Waals surface area contributed by atoms with Crippen molar-refractivity contribution in [2.75, 3.05) is 13.2 Å². The Morgan fingerprint density at radius 1 is 1.45 bits per heavy atom. The highest BCUT2D eigenvalue weighted by atomic mass is 32.2. The highest BCUT2D eigenvalue weighted by Crippen LogP contribution is 2.28. The number of carbonyl (C=O) groups is 1. The summed E-state index contributed by atoms with van der Waals surface area (Å²) in [5.74, 6) is -0.796. The van der Waals surface area contributed by atoms with E-state index in [1.54, 1.807) is 20.8 Å². The lowest BCUT2D eigenvalue weighted by Crippen LogP contribution is -2.58. The van der Waals surface area contributed by atoms with Gasteiger partial charge in [0, 0.05) is 6.54 Å². The van der Waals surface area contributed by atoms with Crippen LogP contribution in [-0.4, -0.2) is 48.6 Å². The van der Waals surface area contributed by atoms with Gasteiger partial charge in [0.25, 0.3) is 10.0 Å². The molecule has 2 rings (SSSR count). The lowest BCUT2D eigenvalue weighted by atomic mass is 10.1. The van der Waals surface area contributed by atoms with Gasteiger partial charge in [-0.15, -0.1) is 0 Å². The molecule has 0 bridgehead atoms. The normalized spacial score (nSPS) is 23.6. The first-order valence-corrected chi connectivity index (χ1v) is 7.52. The molecule has 2 heterocycles. The van der Waals surface area contributed by atoms with Crippen LogP contribution in [0.2, 0.25) is 0 Å². The average Bonchev–Trinajstić information content (AvgIpc) is 2.75. The van der Waals surface area contributed by atoms with Crippen LogP contribution in [0.4, 0.5) is 0 Å². The molecule has 1 aromatic heterocycles. The van der Waals surface area contributed by atoms with Gasteiger partial charge in [-0.25, -0.2) is 8.42 Å². The second kappa shape index (κ2) is 4.87. The standard InChI is InChI=1S/C12H17NO6S/c1-8-4-5-10(19-8)20(16,17)13-7-12(2,3)18-6-9(13)11(14)15/h4-5,9H,6-7H2,1-3H3,(H,14,15). The number of furan rings is 1. The zero-order chi connectivity index (χ0) is 15.1. The predicted molar refractivity (Wildman–Crippen MR) is 68.8 cm³/mol. The first-order valence-electron chi connectivity index (χ1n) is 6.08. The van der Waals surface area contributed by atoms with Crippen LogP contribution in [0.1, 0.15) is 19.6 Å². The molecule has 0 radical (unpaired) electrons. The van der Waals surface area contributed by atoms with Crippen LogP contribution in [0.5, 0.6) is 0 Å². The van der Waals surface area contributed by atoms with Crippen LogP contribution in [-0.2, 0) is 19.6 Å². The Labute approximate surface area is 117 Å². The van der Waals surface area contributed by atoms with Gasteiger partial charge in [0.2, 0.25) is 5.09 Å². The summed E-state index contributed by atoms with van der Waals surface area (Å²) in [6.45, 7) is 4.80. The van der Waals surface area contributed by atoms with Crippen molar-refractivity contribution in [2.24, 2.45) is 0 Å². The number of sulfonamides is 1. The molecule has 1 unspecified atom stereocenters. The number of hydrogen-bond acceptors (Lipinski definition) is 5. The van der Waals surface area contributed by atoms with E-state index in [0.29, 0.717) is 5.76 Å². The third-order valence-electron chi connectivity index (χ3n) is 3.08. The van der Waals surface area contributed by atoms with Gasteiger partial charge in [-0.3, -0.25) is 4.79 Å². The van der Waals surface area contributed by atoms with E-state index >= 15 is 0 Å². The molecule has 1 aliphatic rings. The Morgan fingerprint density at radius 3 is 2.60 bits per heavy atom. The second-order valence-corrected chi connectivity index (χ2v) is 7.16. The van der Waals surface area contributed by atoms with Gasteiger partial charge in [0.15, 0.2) is 0 Å². The van der Waals surface area contributed by atoms with Gasteiger partial charge in [-0.2, -0.15) is 4.31 Å². The molecule has 8 heteroatoms. The summed E-state index contributed by atoms with van der Waals surface area (Å²) < 4.78 is 36.5. The smallest absolute Gasteiger partial charge is 0.324 e. The fraction of sp³-hybridized carbons (Fsp3) is 0.583. The maximum Gasteiger partial charge on any atom is 0.324 e. The predicted octanol–water partition coefficient (Wildman–Crippen LogP) is 0.841. The number of hydrogen-bond donors (Lipinski definition) is 1. The Bertz CT molecular complexity index is 618. The van der Waals surface area contributed by atoms with Crippen LogP contribution in [0.25, 0.3) is 0 Å². The third-order valence-corrected chi connectivity index (χ3v) is 4.81. The Morgan fingerprint density at radius 2 is 2.10 bits per heavy atom. The summed E-state index contributed by atoms with van der Waals surface area (Å²) in [4.78, 5) is 11.2. The third kappa shape index (κ3) is 2.72. The quantitative estimate of drug-likeness (QED) is 0.888. The van der Waals surface area contributed by atoms with E-state index in [0.717, 1.165) is 4.31 Å². The van der Waals surface area contributed by atoms with E-state index in [1.165, 1.54) is 12.1 Å². The molecule has 1 fully saturated rings. The Kier molecular flexibility index (Phi) is 3.66. The minimum atomic E-state index is -4.00. The molecular formula is C12H17NO6S. The van der Waals surface area contributed by atoms with Gasteiger partial charge in [0.1, 0.15) is 11.8 Å². The van der Waals surface area contributed by atoms with E-state index in [9.17, 15) is 18.3 Å². The van der Waals surface area contributed by atoms with Gasteiger partial charge in [0.05, 0.1) is 12.2 Å². The van der Waals surface area contributed by atoms with Crippen LogP contribution in [0, 0.1) is 6.92 Å². The number of rotatable bonds is 3. The molecule has 1 saturated heterocycles. The van der Waals surface area contributed by atoms with E-state index in [1.807, 2.05) is 0 Å². The summed E-state index contributed by atoms with van der Waals surface area (Å²) in [6.07, 6.45) is 0. The summed E-state index contributed by atoms with van der Waals surface area (Å²) >= 11 is 0. The largest absolute Gasteiger partial charge is 0.480 e. The molecule has 1 N–H and O–H groups in total. The zero-order valence-corrected chi connectivity index (χ0v) is 12.3. The number of nitrogens with zero attached hydrogens (tertiary/aromatic N) is 1. The van der Waals surface area contributed by atoms with Gasteiger partial charge in [-0.1, -0.05) is 0 Å². The summed E-state index contributed by atoms with van der Waals surface area (Å²) in [5.41, 5.74) is -0.749. The van der Waals surface area contributed by atoms with Crippen LogP contribution in [0.3, 0.4) is 0 Å². The minimum Gasteiger partial charge on any atom is -0.480 e. The lowest BCUT2D eigenvalue weighted by molar-refractivity contribution is -0.154. The highest BCUT2D eigenvalue weighted by molar-refractivity contribution is 7.89. The molecule has 1 aromatic rings. The first kappa shape index (κ1) is 15.0. The van der Waals surface area contributed by atoms with Crippen molar-refractivity contribution < 1.29 is 27.5 Å². The number of carboxylic acids is 1. The molecule has 0 aliphatic carbocycles.